The van der Waals surface area contributed by atoms with Crippen LogP contribution in [0.25, 0.3) is 5.82 Å². The second-order valence-electron chi connectivity index (χ2n) is 5.07. The van der Waals surface area contributed by atoms with Crippen molar-refractivity contribution in [1.82, 2.24) is 24.7 Å². The highest BCUT2D eigenvalue weighted by Gasteiger charge is 2.20. The van der Waals surface area contributed by atoms with Crippen molar-refractivity contribution in [2.45, 2.75) is 11.3 Å². The third kappa shape index (κ3) is 2.67. The molecule has 0 unspecified atom stereocenters. The number of rotatable bonds is 4. The Labute approximate surface area is 137 Å². The van der Waals surface area contributed by atoms with E-state index in [9.17, 15) is 8.42 Å². The fourth-order valence-corrected chi connectivity index (χ4v) is 3.43. The molecule has 24 heavy (non-hydrogen) atoms. The van der Waals surface area contributed by atoms with Crippen LogP contribution in [0.4, 0.5) is 5.82 Å². The Bertz CT molecular complexity index is 988. The van der Waals surface area contributed by atoms with E-state index in [1.165, 1.54) is 35.8 Å². The van der Waals surface area contributed by atoms with Crippen LogP contribution in [-0.2, 0) is 16.4 Å². The molecule has 1 aliphatic heterocycles. The Morgan fingerprint density at radius 3 is 2.92 bits per heavy atom. The number of nitrogens with one attached hydrogen (secondary N) is 1. The monoisotopic (exact) mass is 344 g/mol. The molecule has 3 heterocycles. The highest BCUT2D eigenvalue weighted by molar-refractivity contribution is 7.92. The summed E-state index contributed by atoms with van der Waals surface area (Å²) in [6, 6.07) is 6.26. The minimum atomic E-state index is -3.76. The maximum Gasteiger partial charge on any atom is 0.263 e. The average molecular weight is 344 g/mol. The fraction of sp³-hybridized carbons (Fsp3) is 0.143. The largest absolute Gasteiger partial charge is 0.493 e. The van der Waals surface area contributed by atoms with Gasteiger partial charge in [0.2, 0.25) is 0 Å². The molecular weight excluding hydrogens is 332 g/mol. The quantitative estimate of drug-likeness (QED) is 0.744. The van der Waals surface area contributed by atoms with Gasteiger partial charge in [-0.2, -0.15) is 5.10 Å². The SMILES string of the molecule is O=S(=O)(Nc1cc(-n2cncn2)ncn1)c1ccc2c(c1)CCO2. The van der Waals surface area contributed by atoms with Crippen molar-refractivity contribution in [3.63, 3.8) is 0 Å². The Morgan fingerprint density at radius 1 is 1.17 bits per heavy atom. The molecule has 0 spiro atoms. The molecule has 1 N–H and O–H groups in total. The second kappa shape index (κ2) is 5.57. The number of anilines is 1. The molecule has 0 radical (unpaired) electrons. The lowest BCUT2D eigenvalue weighted by Crippen LogP contribution is -2.14. The minimum Gasteiger partial charge on any atom is -0.493 e. The summed E-state index contributed by atoms with van der Waals surface area (Å²) in [6.07, 6.45) is 4.77. The van der Waals surface area contributed by atoms with Crippen LogP contribution in [0, 0.1) is 0 Å². The van der Waals surface area contributed by atoms with Crippen LogP contribution < -0.4 is 9.46 Å². The van der Waals surface area contributed by atoms with Gasteiger partial charge in [-0.3, -0.25) is 4.72 Å². The van der Waals surface area contributed by atoms with Gasteiger partial charge >= 0.3 is 0 Å². The molecule has 10 heteroatoms. The van der Waals surface area contributed by atoms with Gasteiger partial charge in [-0.25, -0.2) is 28.1 Å². The molecular formula is C14H12N6O3S. The van der Waals surface area contributed by atoms with Crippen LogP contribution in [0.3, 0.4) is 0 Å². The number of hydrogen-bond donors (Lipinski definition) is 1. The summed E-state index contributed by atoms with van der Waals surface area (Å²) in [5.41, 5.74) is 0.879. The molecule has 0 atom stereocenters. The molecule has 3 aromatic rings. The van der Waals surface area contributed by atoms with Gasteiger partial charge in [0.05, 0.1) is 11.5 Å². The van der Waals surface area contributed by atoms with E-state index in [4.69, 9.17) is 4.74 Å². The summed E-state index contributed by atoms with van der Waals surface area (Å²) >= 11 is 0. The Balaban J connectivity index is 1.63. The van der Waals surface area contributed by atoms with E-state index < -0.39 is 10.0 Å². The lowest BCUT2D eigenvalue weighted by atomic mass is 10.2. The van der Waals surface area contributed by atoms with Crippen molar-refractivity contribution in [2.75, 3.05) is 11.3 Å². The molecule has 1 aromatic carbocycles. The van der Waals surface area contributed by atoms with Crippen molar-refractivity contribution in [1.29, 1.82) is 0 Å². The minimum absolute atomic E-state index is 0.146. The van der Waals surface area contributed by atoms with Crippen LogP contribution in [0.1, 0.15) is 5.56 Å². The van der Waals surface area contributed by atoms with Gasteiger partial charge in [0.15, 0.2) is 5.82 Å². The van der Waals surface area contributed by atoms with Crippen molar-refractivity contribution in [2.24, 2.45) is 0 Å². The molecule has 1 aliphatic rings. The van der Waals surface area contributed by atoms with Gasteiger partial charge in [0.1, 0.15) is 30.5 Å². The van der Waals surface area contributed by atoms with E-state index in [0.29, 0.717) is 18.8 Å². The van der Waals surface area contributed by atoms with Crippen molar-refractivity contribution in [3.05, 3.63) is 48.8 Å². The molecule has 0 saturated heterocycles. The number of sulfonamides is 1. The first-order valence-electron chi connectivity index (χ1n) is 7.07. The second-order valence-corrected chi connectivity index (χ2v) is 6.76. The molecule has 2 aromatic heterocycles. The van der Waals surface area contributed by atoms with Crippen molar-refractivity contribution < 1.29 is 13.2 Å². The van der Waals surface area contributed by atoms with E-state index in [-0.39, 0.29) is 10.7 Å². The zero-order valence-electron chi connectivity index (χ0n) is 12.3. The van der Waals surface area contributed by atoms with E-state index in [1.54, 1.807) is 12.1 Å². The third-order valence-corrected chi connectivity index (χ3v) is 4.87. The molecule has 0 fully saturated rings. The molecule has 0 bridgehead atoms. The lowest BCUT2D eigenvalue weighted by Gasteiger charge is -2.09. The average Bonchev–Trinajstić information content (AvgIpc) is 3.25. The number of fused-ring (bicyclic) bond motifs is 1. The van der Waals surface area contributed by atoms with Crippen molar-refractivity contribution >= 4 is 15.8 Å². The van der Waals surface area contributed by atoms with Gasteiger partial charge in [-0.1, -0.05) is 0 Å². The van der Waals surface area contributed by atoms with Gasteiger partial charge in [0, 0.05) is 12.5 Å². The summed E-state index contributed by atoms with van der Waals surface area (Å²) in [4.78, 5) is 12.0. The van der Waals surface area contributed by atoms with Gasteiger partial charge in [-0.15, -0.1) is 0 Å². The summed E-state index contributed by atoms with van der Waals surface area (Å²) in [5, 5.41) is 3.95. The highest BCUT2D eigenvalue weighted by atomic mass is 32.2. The molecule has 0 saturated carbocycles. The predicted molar refractivity (Wildman–Crippen MR) is 83.4 cm³/mol. The molecule has 0 amide bonds. The Kier molecular flexibility index (Phi) is 3.38. The van der Waals surface area contributed by atoms with Gasteiger partial charge < -0.3 is 4.74 Å². The number of ether oxygens (including phenoxy) is 1. The smallest absolute Gasteiger partial charge is 0.263 e. The number of aromatic nitrogens is 5. The van der Waals surface area contributed by atoms with E-state index in [2.05, 4.69) is 24.8 Å². The van der Waals surface area contributed by atoms with Gasteiger partial charge in [0.25, 0.3) is 10.0 Å². The zero-order chi connectivity index (χ0) is 16.6. The lowest BCUT2D eigenvalue weighted by molar-refractivity contribution is 0.356. The standard InChI is InChI=1S/C14H12N6O3S/c21-24(22,11-1-2-12-10(5-11)3-4-23-12)19-13-6-14(17-8-16-13)20-9-15-7-18-20/h1-2,5-9H,3-4H2,(H,16,17,19). The fourth-order valence-electron chi connectivity index (χ4n) is 2.38. The molecule has 122 valence electrons. The van der Waals surface area contributed by atoms with Crippen LogP contribution in [0.15, 0.2) is 48.1 Å². The first kappa shape index (κ1) is 14.6. The van der Waals surface area contributed by atoms with Crippen LogP contribution in [0.5, 0.6) is 5.75 Å². The highest BCUT2D eigenvalue weighted by Crippen LogP contribution is 2.28. The predicted octanol–water partition coefficient (Wildman–Crippen LogP) is 0.793. The maximum absolute atomic E-state index is 12.6. The molecule has 0 aliphatic carbocycles. The summed E-state index contributed by atoms with van der Waals surface area (Å²) in [6.45, 7) is 0.569. The van der Waals surface area contributed by atoms with Crippen LogP contribution >= 0.6 is 0 Å². The number of benzene rings is 1. The number of hydrogen-bond acceptors (Lipinski definition) is 7. The Morgan fingerprint density at radius 2 is 2.08 bits per heavy atom. The normalized spacial score (nSPS) is 13.3. The zero-order valence-corrected chi connectivity index (χ0v) is 13.1. The van der Waals surface area contributed by atoms with E-state index in [0.717, 1.165) is 11.3 Å². The summed E-state index contributed by atoms with van der Waals surface area (Å²) in [7, 11) is -3.76. The molecule has 4 rings (SSSR count). The third-order valence-electron chi connectivity index (χ3n) is 3.52. The summed E-state index contributed by atoms with van der Waals surface area (Å²) < 4.78 is 34.4. The maximum atomic E-state index is 12.6. The molecule has 9 nitrogen and oxygen atoms in total. The number of nitrogens with zero attached hydrogens (tertiary/aromatic N) is 5. The first-order valence-corrected chi connectivity index (χ1v) is 8.56. The van der Waals surface area contributed by atoms with Crippen LogP contribution in [0.2, 0.25) is 0 Å². The summed E-state index contributed by atoms with van der Waals surface area (Å²) in [5.74, 6) is 1.28. The van der Waals surface area contributed by atoms with E-state index >= 15 is 0 Å². The van der Waals surface area contributed by atoms with Crippen LogP contribution in [-0.4, -0.2) is 39.8 Å². The Hall–Kier alpha value is -3.01. The first-order chi connectivity index (χ1) is 11.6. The van der Waals surface area contributed by atoms with Gasteiger partial charge in [-0.05, 0) is 23.8 Å². The van der Waals surface area contributed by atoms with Crippen molar-refractivity contribution in [3.8, 4) is 11.6 Å². The van der Waals surface area contributed by atoms with E-state index in [1.807, 2.05) is 0 Å². The topological polar surface area (TPSA) is 112 Å².